The fourth-order valence-corrected chi connectivity index (χ4v) is 5.47. The van der Waals surface area contributed by atoms with Gasteiger partial charge < -0.3 is 4.74 Å². The number of Topliss-reactive ketones (excluding diaryl/α,β-unsaturated/α-hetero) is 1. The third-order valence-electron chi connectivity index (χ3n) is 4.38. The first kappa shape index (κ1) is 16.4. The van der Waals surface area contributed by atoms with Gasteiger partial charge in [-0.1, -0.05) is 0 Å². The van der Waals surface area contributed by atoms with Crippen molar-refractivity contribution in [2.24, 2.45) is 5.92 Å². The molecule has 2 unspecified atom stereocenters. The van der Waals surface area contributed by atoms with Crippen LogP contribution in [0.2, 0.25) is 0 Å². The molecule has 2 aliphatic rings. The number of rotatable bonds is 3. The summed E-state index contributed by atoms with van der Waals surface area (Å²) >= 11 is 0. The van der Waals surface area contributed by atoms with Crippen molar-refractivity contribution in [2.75, 3.05) is 0 Å². The second-order valence-electron chi connectivity index (χ2n) is 5.88. The molecule has 2 bridgehead atoms. The zero-order valence-corrected chi connectivity index (χ0v) is 12.8. The van der Waals surface area contributed by atoms with Gasteiger partial charge in [0.05, 0.1) is 0 Å². The number of ether oxygens (including phenoxy) is 1. The predicted molar refractivity (Wildman–Crippen MR) is 75.1 cm³/mol. The molecule has 0 amide bonds. The summed E-state index contributed by atoms with van der Waals surface area (Å²) in [4.78, 5) is 12.4. The minimum Gasteiger partial charge on any atom is -0.403 e. The average molecular weight is 350 g/mol. The molecule has 1 aromatic carbocycles. The standard InChI is InChI=1S/C15H14F4O3S/c16-12-7-8(1-4-13(12)22-15(17,18)19)14(20)9-5-10-2-3-11(6-9)23(10)21/h1,4,7,9-11H,2-3,5-6H2. The minimum absolute atomic E-state index is 0.000355. The maximum absolute atomic E-state index is 13.7. The van der Waals surface area contributed by atoms with Crippen LogP contribution in [-0.4, -0.2) is 26.9 Å². The number of carbonyl (C=O) groups excluding carboxylic acids is 1. The average Bonchev–Trinajstić information content (AvgIpc) is 2.70. The fourth-order valence-electron chi connectivity index (χ4n) is 3.34. The molecule has 0 N–H and O–H groups in total. The molecule has 2 aliphatic heterocycles. The number of alkyl halides is 3. The highest BCUT2D eigenvalue weighted by Crippen LogP contribution is 2.40. The lowest BCUT2D eigenvalue weighted by molar-refractivity contribution is -0.275. The van der Waals surface area contributed by atoms with Gasteiger partial charge in [-0.15, -0.1) is 13.2 Å². The Bertz CT molecular complexity index is 643. The molecule has 0 radical (unpaired) electrons. The lowest BCUT2D eigenvalue weighted by Crippen LogP contribution is -2.32. The number of hydrogen-bond acceptors (Lipinski definition) is 3. The fraction of sp³-hybridized carbons (Fsp3) is 0.533. The highest BCUT2D eigenvalue weighted by Gasteiger charge is 2.43. The van der Waals surface area contributed by atoms with E-state index in [1.54, 1.807) is 0 Å². The van der Waals surface area contributed by atoms with Crippen molar-refractivity contribution in [1.82, 2.24) is 0 Å². The summed E-state index contributed by atoms with van der Waals surface area (Å²) < 4.78 is 65.5. The van der Waals surface area contributed by atoms with Crippen LogP contribution in [0.15, 0.2) is 18.2 Å². The second-order valence-corrected chi connectivity index (χ2v) is 7.87. The minimum atomic E-state index is -4.99. The van der Waals surface area contributed by atoms with E-state index in [1.807, 2.05) is 0 Å². The van der Waals surface area contributed by atoms with E-state index < -0.39 is 28.7 Å². The summed E-state index contributed by atoms with van der Waals surface area (Å²) in [7, 11) is -0.903. The molecule has 3 rings (SSSR count). The van der Waals surface area contributed by atoms with Crippen molar-refractivity contribution in [1.29, 1.82) is 0 Å². The highest BCUT2D eigenvalue weighted by molar-refractivity contribution is 7.86. The van der Waals surface area contributed by atoms with E-state index in [-0.39, 0.29) is 27.8 Å². The number of fused-ring (bicyclic) bond motifs is 2. The largest absolute Gasteiger partial charge is 0.573 e. The van der Waals surface area contributed by atoms with Gasteiger partial charge in [-0.25, -0.2) is 4.39 Å². The van der Waals surface area contributed by atoms with Crippen LogP contribution in [0, 0.1) is 11.7 Å². The van der Waals surface area contributed by atoms with Gasteiger partial charge >= 0.3 is 6.36 Å². The van der Waals surface area contributed by atoms with Crippen molar-refractivity contribution in [3.05, 3.63) is 29.6 Å². The Morgan fingerprint density at radius 1 is 1.17 bits per heavy atom. The van der Waals surface area contributed by atoms with E-state index in [4.69, 9.17) is 0 Å². The number of benzene rings is 1. The molecule has 0 spiro atoms. The van der Waals surface area contributed by atoms with Gasteiger partial charge in [-0.2, -0.15) is 0 Å². The molecular formula is C15H14F4O3S. The van der Waals surface area contributed by atoms with Gasteiger partial charge in [0, 0.05) is 32.8 Å². The van der Waals surface area contributed by atoms with Gasteiger partial charge in [-0.3, -0.25) is 9.00 Å². The summed E-state index contributed by atoms with van der Waals surface area (Å²) in [5.41, 5.74) is 0.0223. The van der Waals surface area contributed by atoms with Crippen molar-refractivity contribution in [3.63, 3.8) is 0 Å². The molecule has 2 atom stereocenters. The van der Waals surface area contributed by atoms with E-state index in [2.05, 4.69) is 4.74 Å². The number of halogens is 4. The van der Waals surface area contributed by atoms with Crippen LogP contribution in [0.3, 0.4) is 0 Å². The summed E-state index contributed by atoms with van der Waals surface area (Å²) in [6, 6.07) is 2.72. The van der Waals surface area contributed by atoms with E-state index in [1.165, 1.54) is 0 Å². The zero-order valence-electron chi connectivity index (χ0n) is 11.9. The Hall–Kier alpha value is -1.44. The van der Waals surface area contributed by atoms with Crippen LogP contribution in [0.25, 0.3) is 0 Å². The van der Waals surface area contributed by atoms with Crippen LogP contribution in [-0.2, 0) is 10.8 Å². The van der Waals surface area contributed by atoms with Crippen LogP contribution < -0.4 is 4.74 Å². The summed E-state index contributed by atoms with van der Waals surface area (Å²) in [6.45, 7) is 0. The van der Waals surface area contributed by atoms with Gasteiger partial charge in [0.15, 0.2) is 17.3 Å². The lowest BCUT2D eigenvalue weighted by atomic mass is 9.90. The van der Waals surface area contributed by atoms with Crippen LogP contribution >= 0.6 is 0 Å². The predicted octanol–water partition coefficient (Wildman–Crippen LogP) is 3.60. The molecule has 0 saturated carbocycles. The molecular weight excluding hydrogens is 336 g/mol. The monoisotopic (exact) mass is 350 g/mol. The highest BCUT2D eigenvalue weighted by atomic mass is 32.2. The van der Waals surface area contributed by atoms with Crippen molar-refractivity contribution < 1.29 is 31.3 Å². The SMILES string of the molecule is O=C(c1ccc(OC(F)(F)F)c(F)c1)C1CC2CCC(C1)S2=O. The lowest BCUT2D eigenvalue weighted by Gasteiger charge is -2.26. The molecule has 2 saturated heterocycles. The third-order valence-corrected chi connectivity index (χ3v) is 6.55. The topological polar surface area (TPSA) is 43.4 Å². The molecule has 3 nitrogen and oxygen atoms in total. The summed E-state index contributed by atoms with van der Waals surface area (Å²) in [5.74, 6) is -2.84. The Morgan fingerprint density at radius 3 is 2.30 bits per heavy atom. The molecule has 2 heterocycles. The van der Waals surface area contributed by atoms with Crippen molar-refractivity contribution in [2.45, 2.75) is 42.5 Å². The van der Waals surface area contributed by atoms with Crippen molar-refractivity contribution >= 4 is 16.6 Å². The number of ketones is 1. The maximum Gasteiger partial charge on any atom is 0.573 e. The van der Waals surface area contributed by atoms with Crippen molar-refractivity contribution in [3.8, 4) is 5.75 Å². The van der Waals surface area contributed by atoms with Crippen LogP contribution in [0.4, 0.5) is 17.6 Å². The van der Waals surface area contributed by atoms with Gasteiger partial charge in [0.25, 0.3) is 0 Å². The quantitative estimate of drug-likeness (QED) is 0.618. The number of carbonyl (C=O) groups is 1. The summed E-state index contributed by atoms with van der Waals surface area (Å²) in [6.07, 6.45) is -2.35. The first-order valence-electron chi connectivity index (χ1n) is 7.23. The van der Waals surface area contributed by atoms with E-state index in [9.17, 15) is 26.6 Å². The molecule has 0 aliphatic carbocycles. The van der Waals surface area contributed by atoms with Gasteiger partial charge in [0.2, 0.25) is 0 Å². The third kappa shape index (κ3) is 3.41. The smallest absolute Gasteiger partial charge is 0.403 e. The maximum atomic E-state index is 13.7. The molecule has 1 aromatic rings. The zero-order chi connectivity index (χ0) is 16.8. The second kappa shape index (κ2) is 5.89. The Kier molecular flexibility index (Phi) is 4.20. The molecule has 2 fully saturated rings. The van der Waals surface area contributed by atoms with Gasteiger partial charge in [0.1, 0.15) is 0 Å². The Balaban J connectivity index is 1.76. The van der Waals surface area contributed by atoms with E-state index >= 15 is 0 Å². The normalized spacial score (nSPS) is 30.3. The first-order chi connectivity index (χ1) is 10.7. The molecule has 8 heteroatoms. The molecule has 126 valence electrons. The molecule has 23 heavy (non-hydrogen) atoms. The Labute approximate surface area is 132 Å². The van der Waals surface area contributed by atoms with E-state index in [0.29, 0.717) is 12.8 Å². The van der Waals surface area contributed by atoms with Gasteiger partial charge in [-0.05, 0) is 43.9 Å². The van der Waals surface area contributed by atoms with Crippen LogP contribution in [0.1, 0.15) is 36.0 Å². The summed E-state index contributed by atoms with van der Waals surface area (Å²) in [5, 5.41) is 0.000709. The number of hydrogen-bond donors (Lipinski definition) is 0. The van der Waals surface area contributed by atoms with E-state index in [0.717, 1.165) is 31.0 Å². The Morgan fingerprint density at radius 2 is 1.78 bits per heavy atom. The molecule has 0 aromatic heterocycles. The first-order valence-corrected chi connectivity index (χ1v) is 8.51. The van der Waals surface area contributed by atoms with Crippen LogP contribution in [0.5, 0.6) is 5.75 Å².